The van der Waals surface area contributed by atoms with Crippen LogP contribution >= 0.6 is 23.2 Å². The van der Waals surface area contributed by atoms with E-state index in [-0.39, 0.29) is 6.03 Å². The molecule has 2 aromatic carbocycles. The summed E-state index contributed by atoms with van der Waals surface area (Å²) in [4.78, 5) is 16.2. The lowest BCUT2D eigenvalue weighted by Gasteiger charge is -2.10. The monoisotopic (exact) mass is 360 g/mol. The predicted molar refractivity (Wildman–Crippen MR) is 99.8 cm³/mol. The summed E-state index contributed by atoms with van der Waals surface area (Å²) in [5.41, 5.74) is 8.83. The van der Waals surface area contributed by atoms with Gasteiger partial charge >= 0.3 is 6.03 Å². The molecule has 0 unspecified atom stereocenters. The van der Waals surface area contributed by atoms with Gasteiger partial charge in [-0.05, 0) is 41.5 Å². The zero-order valence-corrected chi connectivity index (χ0v) is 14.0. The second kappa shape index (κ2) is 6.95. The van der Waals surface area contributed by atoms with Crippen molar-refractivity contribution >= 4 is 52.0 Å². The summed E-state index contributed by atoms with van der Waals surface area (Å²) in [6.07, 6.45) is 2.35. The summed E-state index contributed by atoms with van der Waals surface area (Å²) in [5, 5.41) is 6.36. The van der Waals surface area contributed by atoms with Crippen LogP contribution in [-0.2, 0) is 0 Å². The molecule has 1 heterocycles. The van der Waals surface area contributed by atoms with E-state index in [4.69, 9.17) is 28.9 Å². The van der Waals surface area contributed by atoms with E-state index in [1.807, 2.05) is 18.2 Å². The molecule has 0 aliphatic carbocycles. The summed E-state index contributed by atoms with van der Waals surface area (Å²) < 4.78 is 0. The number of amidine groups is 1. The molecule has 0 fully saturated rings. The van der Waals surface area contributed by atoms with E-state index in [0.717, 1.165) is 11.1 Å². The molecule has 0 saturated heterocycles. The van der Waals surface area contributed by atoms with Crippen molar-refractivity contribution in [1.82, 2.24) is 0 Å². The first-order valence-electron chi connectivity index (χ1n) is 7.15. The molecule has 24 heavy (non-hydrogen) atoms. The third-order valence-corrected chi connectivity index (χ3v) is 3.81. The van der Waals surface area contributed by atoms with Crippen molar-refractivity contribution < 1.29 is 4.79 Å². The number of urea groups is 1. The highest BCUT2D eigenvalue weighted by molar-refractivity contribution is 6.35. The minimum absolute atomic E-state index is 0.387. The molecule has 3 rings (SSSR count). The maximum atomic E-state index is 12.1. The number of nitrogens with zero attached hydrogens (tertiary/aromatic N) is 1. The van der Waals surface area contributed by atoms with Gasteiger partial charge in [-0.15, -0.1) is 0 Å². The molecular formula is C17H14Cl2N4O. The molecule has 0 spiro atoms. The number of benzene rings is 2. The second-order valence-electron chi connectivity index (χ2n) is 5.27. The topological polar surface area (TPSA) is 79.5 Å². The zero-order chi connectivity index (χ0) is 17.1. The number of carbonyl (C=O) groups excluding carboxylic acids is 1. The van der Waals surface area contributed by atoms with Gasteiger partial charge in [0.25, 0.3) is 0 Å². The number of amides is 2. The molecule has 7 heteroatoms. The standard InChI is InChI=1S/C17H14Cl2N4O/c18-12-6-13(19)8-15(7-12)23-17(24)22-14-3-1-2-10(4-14)11-5-16(20)21-9-11/h1-4,6-9H,5H2,(H2,20,21)(H2,22,23,24). The summed E-state index contributed by atoms with van der Waals surface area (Å²) >= 11 is 11.8. The molecule has 4 N–H and O–H groups in total. The average Bonchev–Trinajstić information content (AvgIpc) is 2.93. The van der Waals surface area contributed by atoms with E-state index < -0.39 is 0 Å². The van der Waals surface area contributed by atoms with Crippen molar-refractivity contribution in [2.75, 3.05) is 10.6 Å². The van der Waals surface area contributed by atoms with Gasteiger partial charge in [-0.2, -0.15) is 0 Å². The molecule has 2 amide bonds. The van der Waals surface area contributed by atoms with Crippen LogP contribution in [0.4, 0.5) is 16.2 Å². The molecule has 1 aliphatic heterocycles. The average molecular weight is 361 g/mol. The minimum Gasteiger partial charge on any atom is -0.387 e. The van der Waals surface area contributed by atoms with Gasteiger partial charge in [-0.25, -0.2) is 9.79 Å². The van der Waals surface area contributed by atoms with Gasteiger partial charge in [0, 0.05) is 34.0 Å². The number of anilines is 2. The molecule has 0 saturated carbocycles. The van der Waals surface area contributed by atoms with E-state index in [2.05, 4.69) is 15.6 Å². The Balaban J connectivity index is 1.68. The molecule has 0 aromatic heterocycles. The Morgan fingerprint density at radius 2 is 1.75 bits per heavy atom. The fourth-order valence-electron chi connectivity index (χ4n) is 2.34. The Kier molecular flexibility index (Phi) is 4.74. The van der Waals surface area contributed by atoms with Crippen molar-refractivity contribution in [3.63, 3.8) is 0 Å². The Hall–Kier alpha value is -2.50. The van der Waals surface area contributed by atoms with Gasteiger partial charge in [0.1, 0.15) is 5.84 Å². The van der Waals surface area contributed by atoms with Gasteiger partial charge < -0.3 is 16.4 Å². The van der Waals surface area contributed by atoms with Crippen molar-refractivity contribution in [2.24, 2.45) is 10.7 Å². The molecular weight excluding hydrogens is 347 g/mol. The molecule has 1 aliphatic rings. The maximum Gasteiger partial charge on any atom is 0.323 e. The number of rotatable bonds is 3. The lowest BCUT2D eigenvalue weighted by molar-refractivity contribution is 0.262. The fourth-order valence-corrected chi connectivity index (χ4v) is 2.87. The lowest BCUT2D eigenvalue weighted by Crippen LogP contribution is -2.19. The molecule has 2 aromatic rings. The van der Waals surface area contributed by atoms with Crippen LogP contribution < -0.4 is 16.4 Å². The summed E-state index contributed by atoms with van der Waals surface area (Å²) in [6.45, 7) is 0. The highest BCUT2D eigenvalue weighted by Crippen LogP contribution is 2.25. The summed E-state index contributed by atoms with van der Waals surface area (Å²) in [5.74, 6) is 0.582. The highest BCUT2D eigenvalue weighted by atomic mass is 35.5. The largest absolute Gasteiger partial charge is 0.387 e. The van der Waals surface area contributed by atoms with Gasteiger partial charge in [0.15, 0.2) is 0 Å². The number of nitrogens with one attached hydrogen (secondary N) is 2. The van der Waals surface area contributed by atoms with Crippen LogP contribution in [0, 0.1) is 0 Å². The molecule has 5 nitrogen and oxygen atoms in total. The molecule has 0 radical (unpaired) electrons. The highest BCUT2D eigenvalue weighted by Gasteiger charge is 2.11. The van der Waals surface area contributed by atoms with Gasteiger partial charge in [0.2, 0.25) is 0 Å². The second-order valence-corrected chi connectivity index (χ2v) is 6.14. The van der Waals surface area contributed by atoms with E-state index >= 15 is 0 Å². The van der Waals surface area contributed by atoms with Gasteiger partial charge in [0.05, 0.1) is 0 Å². The number of hydrogen-bond acceptors (Lipinski definition) is 3. The Morgan fingerprint density at radius 1 is 1.04 bits per heavy atom. The third-order valence-electron chi connectivity index (χ3n) is 3.37. The van der Waals surface area contributed by atoms with E-state index in [9.17, 15) is 4.79 Å². The third kappa shape index (κ3) is 4.07. The number of nitrogens with two attached hydrogens (primary N) is 1. The van der Waals surface area contributed by atoms with Crippen LogP contribution in [0.25, 0.3) is 5.57 Å². The lowest BCUT2D eigenvalue weighted by atomic mass is 10.0. The number of halogens is 2. The predicted octanol–water partition coefficient (Wildman–Crippen LogP) is 4.74. The van der Waals surface area contributed by atoms with Crippen molar-refractivity contribution in [1.29, 1.82) is 0 Å². The van der Waals surface area contributed by atoms with Crippen molar-refractivity contribution in [3.8, 4) is 0 Å². The number of aliphatic imine (C=N–C) groups is 1. The normalized spacial score (nSPS) is 13.2. The minimum atomic E-state index is -0.387. The SMILES string of the molecule is NC1=NC=C(c2cccc(NC(=O)Nc3cc(Cl)cc(Cl)c3)c2)C1. The molecule has 0 bridgehead atoms. The zero-order valence-electron chi connectivity index (χ0n) is 12.5. The summed E-state index contributed by atoms with van der Waals surface area (Å²) in [6, 6.07) is 11.9. The van der Waals surface area contributed by atoms with Crippen LogP contribution in [0.3, 0.4) is 0 Å². The van der Waals surface area contributed by atoms with Gasteiger partial charge in [-0.1, -0.05) is 35.3 Å². The van der Waals surface area contributed by atoms with Crippen molar-refractivity contribution in [3.05, 3.63) is 64.3 Å². The quantitative estimate of drug-likeness (QED) is 0.738. The smallest absolute Gasteiger partial charge is 0.323 e. The Morgan fingerprint density at radius 3 is 2.42 bits per heavy atom. The number of carbonyl (C=O) groups is 1. The van der Waals surface area contributed by atoms with Crippen molar-refractivity contribution in [2.45, 2.75) is 6.42 Å². The van der Waals surface area contributed by atoms with Crippen LogP contribution in [0.5, 0.6) is 0 Å². The first-order valence-corrected chi connectivity index (χ1v) is 7.91. The Bertz CT molecular complexity index is 841. The van der Waals surface area contributed by atoms with Crippen LogP contribution in [0.15, 0.2) is 53.7 Å². The van der Waals surface area contributed by atoms with E-state index in [0.29, 0.717) is 33.7 Å². The first-order chi connectivity index (χ1) is 11.5. The Labute approximate surface area is 149 Å². The van der Waals surface area contributed by atoms with Gasteiger partial charge in [-0.3, -0.25) is 0 Å². The maximum absolute atomic E-state index is 12.1. The number of hydrogen-bond donors (Lipinski definition) is 3. The fraction of sp³-hybridized carbons (Fsp3) is 0.0588. The molecule has 122 valence electrons. The first kappa shape index (κ1) is 16.4. The summed E-state index contributed by atoms with van der Waals surface area (Å²) in [7, 11) is 0. The van der Waals surface area contributed by atoms with Crippen LogP contribution in [-0.4, -0.2) is 11.9 Å². The van der Waals surface area contributed by atoms with E-state index in [1.165, 1.54) is 0 Å². The van der Waals surface area contributed by atoms with Crippen LogP contribution in [0.2, 0.25) is 10.0 Å². The van der Waals surface area contributed by atoms with E-state index in [1.54, 1.807) is 30.5 Å². The van der Waals surface area contributed by atoms with Crippen LogP contribution in [0.1, 0.15) is 12.0 Å². The molecule has 0 atom stereocenters.